The van der Waals surface area contributed by atoms with Crippen LogP contribution in [0.2, 0.25) is 0 Å². The lowest BCUT2D eigenvalue weighted by Crippen LogP contribution is -2.56. The Balaban J connectivity index is 1.38. The Morgan fingerprint density at radius 1 is 1.17 bits per heavy atom. The third-order valence-corrected chi connectivity index (χ3v) is 8.01. The van der Waals surface area contributed by atoms with E-state index in [4.69, 9.17) is 4.74 Å². The molecule has 4 fully saturated rings. The summed E-state index contributed by atoms with van der Waals surface area (Å²) >= 11 is 1.70. The van der Waals surface area contributed by atoms with E-state index in [1.54, 1.807) is 11.3 Å². The normalized spacial score (nSPS) is 37.7. The van der Waals surface area contributed by atoms with Gasteiger partial charge in [0, 0.05) is 24.4 Å². The minimum atomic E-state index is 0.252. The van der Waals surface area contributed by atoms with Crippen LogP contribution in [0, 0.1) is 23.7 Å². The minimum absolute atomic E-state index is 0.252. The van der Waals surface area contributed by atoms with Gasteiger partial charge in [0.1, 0.15) is 0 Å². The van der Waals surface area contributed by atoms with E-state index in [9.17, 15) is 4.79 Å². The van der Waals surface area contributed by atoms with Crippen LogP contribution >= 0.6 is 11.3 Å². The summed E-state index contributed by atoms with van der Waals surface area (Å²) in [5.41, 5.74) is 1.24. The fourth-order valence-electron chi connectivity index (χ4n) is 6.09. The topological polar surface area (TPSA) is 29.5 Å². The van der Waals surface area contributed by atoms with Crippen molar-refractivity contribution in [3.05, 3.63) is 21.4 Å². The number of thiophene rings is 1. The van der Waals surface area contributed by atoms with Gasteiger partial charge >= 0.3 is 0 Å². The third kappa shape index (κ3) is 2.29. The highest BCUT2D eigenvalue weighted by molar-refractivity contribution is 7.14. The van der Waals surface area contributed by atoms with Crippen molar-refractivity contribution in [2.45, 2.75) is 51.2 Å². The molecular formula is C19H25NO2S. The summed E-state index contributed by atoms with van der Waals surface area (Å²) in [6.07, 6.45) is 7.90. The number of nitrogens with zero attached hydrogens (tertiary/aromatic N) is 1. The summed E-state index contributed by atoms with van der Waals surface area (Å²) < 4.78 is 5.52. The first-order chi connectivity index (χ1) is 11.2. The molecule has 4 heteroatoms. The molecule has 1 amide bonds. The number of fused-ring (bicyclic) bond motifs is 1. The highest BCUT2D eigenvalue weighted by Crippen LogP contribution is 2.55. The average molecular weight is 331 g/mol. The van der Waals surface area contributed by atoms with E-state index in [1.807, 2.05) is 0 Å². The van der Waals surface area contributed by atoms with Crippen LogP contribution in [0.25, 0.3) is 0 Å². The van der Waals surface area contributed by atoms with Crippen molar-refractivity contribution < 1.29 is 9.53 Å². The van der Waals surface area contributed by atoms with E-state index in [2.05, 4.69) is 18.0 Å². The quantitative estimate of drug-likeness (QED) is 0.826. The zero-order valence-electron chi connectivity index (χ0n) is 13.8. The van der Waals surface area contributed by atoms with Gasteiger partial charge in [-0.1, -0.05) is 0 Å². The number of hydrogen-bond donors (Lipinski definition) is 0. The molecule has 0 aromatic carbocycles. The van der Waals surface area contributed by atoms with Gasteiger partial charge in [-0.25, -0.2) is 0 Å². The molecule has 4 aliphatic carbocycles. The zero-order chi connectivity index (χ0) is 15.6. The van der Waals surface area contributed by atoms with Gasteiger partial charge in [-0.2, -0.15) is 0 Å². The maximum atomic E-state index is 13.1. The maximum absolute atomic E-state index is 13.1. The fraction of sp³-hybridized carbons (Fsp3) is 0.737. The highest BCUT2D eigenvalue weighted by atomic mass is 32.1. The van der Waals surface area contributed by atoms with Gasteiger partial charge in [0.05, 0.1) is 18.1 Å². The van der Waals surface area contributed by atoms with Gasteiger partial charge in [-0.3, -0.25) is 4.79 Å². The predicted octanol–water partition coefficient (Wildman–Crippen LogP) is 3.72. The number of ether oxygens (including phenoxy) is 1. The van der Waals surface area contributed by atoms with Gasteiger partial charge in [0.15, 0.2) is 0 Å². The standard InChI is InChI=1S/C19H25NO2S/c1-20(18-13-5-11-4-12(7-13)8-14(18)6-11)19(21)17-9-15-10-22-3-2-16(15)23-17/h9,11-14,18H,2-8,10H2,1H3. The van der Waals surface area contributed by atoms with E-state index in [1.165, 1.54) is 42.5 Å². The molecule has 0 radical (unpaired) electrons. The molecule has 124 valence electrons. The number of carbonyl (C=O) groups is 1. The molecule has 2 heterocycles. The molecule has 0 unspecified atom stereocenters. The number of hydrogen-bond acceptors (Lipinski definition) is 3. The first kappa shape index (κ1) is 14.5. The van der Waals surface area contributed by atoms with Gasteiger partial charge in [0.2, 0.25) is 0 Å². The zero-order valence-corrected chi connectivity index (χ0v) is 14.6. The first-order valence-electron chi connectivity index (χ1n) is 9.15. The van der Waals surface area contributed by atoms with Gasteiger partial charge < -0.3 is 9.64 Å². The van der Waals surface area contributed by atoms with Crippen molar-refractivity contribution in [1.29, 1.82) is 0 Å². The van der Waals surface area contributed by atoms with E-state index in [0.29, 0.717) is 12.6 Å². The summed E-state index contributed by atoms with van der Waals surface area (Å²) in [6.45, 7) is 1.48. The van der Waals surface area contributed by atoms with Crippen molar-refractivity contribution in [2.24, 2.45) is 23.7 Å². The fourth-order valence-corrected chi connectivity index (χ4v) is 7.22. The third-order valence-electron chi connectivity index (χ3n) is 6.78. The second-order valence-corrected chi connectivity index (χ2v) is 9.34. The summed E-state index contributed by atoms with van der Waals surface area (Å²) in [6, 6.07) is 2.58. The van der Waals surface area contributed by atoms with Crippen LogP contribution < -0.4 is 0 Å². The summed E-state index contributed by atoms with van der Waals surface area (Å²) in [4.78, 5) is 17.5. The maximum Gasteiger partial charge on any atom is 0.263 e. The Morgan fingerprint density at radius 2 is 1.87 bits per heavy atom. The van der Waals surface area contributed by atoms with Crippen molar-refractivity contribution in [1.82, 2.24) is 4.90 Å². The van der Waals surface area contributed by atoms with Crippen LogP contribution in [0.15, 0.2) is 6.07 Å². The summed E-state index contributed by atoms with van der Waals surface area (Å²) in [5, 5.41) is 0. The molecule has 1 aromatic rings. The van der Waals surface area contributed by atoms with Crippen LogP contribution in [0.4, 0.5) is 0 Å². The monoisotopic (exact) mass is 331 g/mol. The molecule has 4 saturated carbocycles. The predicted molar refractivity (Wildman–Crippen MR) is 90.6 cm³/mol. The largest absolute Gasteiger partial charge is 0.376 e. The molecule has 3 nitrogen and oxygen atoms in total. The number of amides is 1. The van der Waals surface area contributed by atoms with Gasteiger partial charge in [-0.15, -0.1) is 11.3 Å². The van der Waals surface area contributed by atoms with Crippen LogP contribution in [0.1, 0.15) is 52.2 Å². The minimum Gasteiger partial charge on any atom is -0.376 e. The van der Waals surface area contributed by atoms with Gasteiger partial charge in [-0.05, 0) is 67.4 Å². The molecule has 6 rings (SSSR count). The lowest BCUT2D eigenvalue weighted by molar-refractivity contribution is -0.0489. The molecule has 0 atom stereocenters. The van der Waals surface area contributed by atoms with Crippen LogP contribution in [-0.2, 0) is 17.8 Å². The Kier molecular flexibility index (Phi) is 3.35. The lowest BCUT2D eigenvalue weighted by atomic mass is 9.54. The van der Waals surface area contributed by atoms with E-state index in [0.717, 1.165) is 41.6 Å². The van der Waals surface area contributed by atoms with Crippen molar-refractivity contribution in [3.8, 4) is 0 Å². The summed E-state index contributed by atoms with van der Waals surface area (Å²) in [5.74, 6) is 3.70. The SMILES string of the molecule is CN(C(=O)c1cc2c(s1)CCOC2)C1C2CC3CC(C2)CC1C3. The Hall–Kier alpha value is -0.870. The van der Waals surface area contributed by atoms with E-state index in [-0.39, 0.29) is 5.91 Å². The van der Waals surface area contributed by atoms with Crippen LogP contribution in [-0.4, -0.2) is 30.5 Å². The molecular weight excluding hydrogens is 306 g/mol. The van der Waals surface area contributed by atoms with Crippen molar-refractivity contribution in [2.75, 3.05) is 13.7 Å². The second-order valence-electron chi connectivity index (χ2n) is 8.20. The molecule has 4 bridgehead atoms. The number of rotatable bonds is 2. The molecule has 23 heavy (non-hydrogen) atoms. The van der Waals surface area contributed by atoms with Crippen LogP contribution in [0.5, 0.6) is 0 Å². The molecule has 0 saturated heterocycles. The second kappa shape index (κ2) is 5.32. The Labute approximate surface area is 142 Å². The molecule has 0 N–H and O–H groups in total. The van der Waals surface area contributed by atoms with Crippen LogP contribution in [0.3, 0.4) is 0 Å². The van der Waals surface area contributed by atoms with Crippen molar-refractivity contribution >= 4 is 17.2 Å². The van der Waals surface area contributed by atoms with E-state index < -0.39 is 0 Å². The molecule has 5 aliphatic rings. The smallest absolute Gasteiger partial charge is 0.263 e. The number of carbonyl (C=O) groups excluding carboxylic acids is 1. The highest BCUT2D eigenvalue weighted by Gasteiger charge is 2.50. The van der Waals surface area contributed by atoms with E-state index >= 15 is 0 Å². The average Bonchev–Trinajstić information content (AvgIpc) is 2.97. The lowest BCUT2D eigenvalue weighted by Gasteiger charge is -2.56. The Bertz CT molecular complexity index is 586. The van der Waals surface area contributed by atoms with Gasteiger partial charge in [0.25, 0.3) is 5.91 Å². The molecule has 1 aromatic heterocycles. The molecule has 1 aliphatic heterocycles. The summed E-state index contributed by atoms with van der Waals surface area (Å²) in [7, 11) is 2.06. The first-order valence-corrected chi connectivity index (χ1v) is 9.97. The Morgan fingerprint density at radius 3 is 2.52 bits per heavy atom. The van der Waals surface area contributed by atoms with Crippen molar-refractivity contribution in [3.63, 3.8) is 0 Å². The molecule has 0 spiro atoms.